The zero-order chi connectivity index (χ0) is 14.7. The van der Waals surface area contributed by atoms with Gasteiger partial charge in [-0.05, 0) is 35.4 Å². The summed E-state index contributed by atoms with van der Waals surface area (Å²) in [4.78, 5) is 3.81. The van der Waals surface area contributed by atoms with Gasteiger partial charge < -0.3 is 10.6 Å². The molecular weight excluding hydrogens is 276 g/mol. The van der Waals surface area contributed by atoms with Gasteiger partial charge in [0.1, 0.15) is 0 Å². The maximum atomic E-state index is 6.04. The molecule has 0 saturated carbocycles. The van der Waals surface area contributed by atoms with Crippen LogP contribution in [0.25, 0.3) is 0 Å². The number of thioether (sulfide) groups is 1. The van der Waals surface area contributed by atoms with E-state index in [1.165, 1.54) is 27.3 Å². The van der Waals surface area contributed by atoms with Gasteiger partial charge in [0.15, 0.2) is 0 Å². The van der Waals surface area contributed by atoms with Crippen LogP contribution in [0.2, 0.25) is 0 Å². The Morgan fingerprint density at radius 1 is 1.10 bits per heavy atom. The number of nitrogens with two attached hydrogens (primary N) is 1. The standard InChI is InChI=1S/C18H22N2S/c1-2-21-18-9-5-8-17(16(18)12-19)20-11-10-14-6-3-4-7-15(14)13-20/h3-9H,2,10-13,19H2,1H3. The molecule has 2 aromatic rings. The van der Waals surface area contributed by atoms with Crippen molar-refractivity contribution < 1.29 is 0 Å². The van der Waals surface area contributed by atoms with E-state index in [1.54, 1.807) is 0 Å². The molecule has 110 valence electrons. The molecule has 0 fully saturated rings. The summed E-state index contributed by atoms with van der Waals surface area (Å²) < 4.78 is 0. The van der Waals surface area contributed by atoms with E-state index in [4.69, 9.17) is 5.73 Å². The molecule has 0 radical (unpaired) electrons. The van der Waals surface area contributed by atoms with Gasteiger partial charge >= 0.3 is 0 Å². The largest absolute Gasteiger partial charge is 0.367 e. The van der Waals surface area contributed by atoms with Crippen molar-refractivity contribution in [2.75, 3.05) is 17.2 Å². The number of fused-ring (bicyclic) bond motifs is 1. The third kappa shape index (κ3) is 2.94. The third-order valence-electron chi connectivity index (χ3n) is 4.08. The van der Waals surface area contributed by atoms with Crippen molar-refractivity contribution in [1.29, 1.82) is 0 Å². The van der Waals surface area contributed by atoms with Gasteiger partial charge in [-0.2, -0.15) is 0 Å². The fourth-order valence-electron chi connectivity index (χ4n) is 3.05. The molecule has 0 amide bonds. The number of hydrogen-bond acceptors (Lipinski definition) is 3. The lowest BCUT2D eigenvalue weighted by Crippen LogP contribution is -2.31. The number of anilines is 1. The van der Waals surface area contributed by atoms with Gasteiger partial charge in [-0.1, -0.05) is 37.3 Å². The molecule has 1 heterocycles. The highest BCUT2D eigenvalue weighted by molar-refractivity contribution is 7.99. The molecule has 2 N–H and O–H groups in total. The van der Waals surface area contributed by atoms with Crippen molar-refractivity contribution in [1.82, 2.24) is 0 Å². The summed E-state index contributed by atoms with van der Waals surface area (Å²) >= 11 is 1.88. The average Bonchev–Trinajstić information content (AvgIpc) is 2.54. The molecule has 3 rings (SSSR count). The van der Waals surface area contributed by atoms with Crippen LogP contribution in [0.5, 0.6) is 0 Å². The topological polar surface area (TPSA) is 29.3 Å². The second kappa shape index (κ2) is 6.54. The molecule has 0 aliphatic carbocycles. The normalized spacial score (nSPS) is 14.1. The molecule has 2 nitrogen and oxygen atoms in total. The van der Waals surface area contributed by atoms with Crippen LogP contribution in [0.1, 0.15) is 23.6 Å². The van der Waals surface area contributed by atoms with Crippen molar-refractivity contribution in [2.24, 2.45) is 5.73 Å². The van der Waals surface area contributed by atoms with Crippen LogP contribution >= 0.6 is 11.8 Å². The van der Waals surface area contributed by atoms with Crippen LogP contribution in [-0.2, 0) is 19.5 Å². The molecule has 1 aliphatic rings. The minimum Gasteiger partial charge on any atom is -0.367 e. The second-order valence-corrected chi connectivity index (χ2v) is 6.64. The molecular formula is C18H22N2S. The lowest BCUT2D eigenvalue weighted by atomic mass is 9.98. The van der Waals surface area contributed by atoms with Crippen LogP contribution in [-0.4, -0.2) is 12.3 Å². The quantitative estimate of drug-likeness (QED) is 0.870. The van der Waals surface area contributed by atoms with Gasteiger partial charge in [0.2, 0.25) is 0 Å². The Kier molecular flexibility index (Phi) is 4.51. The van der Waals surface area contributed by atoms with Crippen molar-refractivity contribution >= 4 is 17.4 Å². The molecule has 0 unspecified atom stereocenters. The van der Waals surface area contributed by atoms with Gasteiger partial charge in [-0.3, -0.25) is 0 Å². The Labute approximate surface area is 131 Å². The third-order valence-corrected chi connectivity index (χ3v) is 5.07. The predicted molar refractivity (Wildman–Crippen MR) is 91.9 cm³/mol. The number of rotatable bonds is 4. The smallest absolute Gasteiger partial charge is 0.0432 e. The van der Waals surface area contributed by atoms with E-state index in [0.717, 1.165) is 25.3 Å². The maximum absolute atomic E-state index is 6.04. The second-order valence-electron chi connectivity index (χ2n) is 5.33. The van der Waals surface area contributed by atoms with Crippen molar-refractivity contribution in [3.63, 3.8) is 0 Å². The van der Waals surface area contributed by atoms with E-state index >= 15 is 0 Å². The van der Waals surface area contributed by atoms with Gasteiger partial charge in [0.05, 0.1) is 0 Å². The van der Waals surface area contributed by atoms with Crippen molar-refractivity contribution in [3.8, 4) is 0 Å². The Morgan fingerprint density at radius 2 is 1.90 bits per heavy atom. The van der Waals surface area contributed by atoms with Crippen LogP contribution in [0, 0.1) is 0 Å². The van der Waals surface area contributed by atoms with E-state index < -0.39 is 0 Å². The highest BCUT2D eigenvalue weighted by Crippen LogP contribution is 2.33. The fraction of sp³-hybridized carbons (Fsp3) is 0.333. The SMILES string of the molecule is CCSc1cccc(N2CCc3ccccc3C2)c1CN. The lowest BCUT2D eigenvalue weighted by Gasteiger charge is -2.32. The summed E-state index contributed by atoms with van der Waals surface area (Å²) in [6, 6.07) is 15.3. The van der Waals surface area contributed by atoms with Crippen LogP contribution in [0.15, 0.2) is 47.4 Å². The summed E-state index contributed by atoms with van der Waals surface area (Å²) in [5.41, 5.74) is 11.6. The van der Waals surface area contributed by atoms with Crippen molar-refractivity contribution in [2.45, 2.75) is 31.3 Å². The lowest BCUT2D eigenvalue weighted by molar-refractivity contribution is 0.725. The van der Waals surface area contributed by atoms with E-state index in [2.05, 4.69) is 54.3 Å². The number of hydrogen-bond donors (Lipinski definition) is 1. The zero-order valence-corrected chi connectivity index (χ0v) is 13.3. The average molecular weight is 298 g/mol. The molecule has 0 bridgehead atoms. The number of nitrogens with zero attached hydrogens (tertiary/aromatic N) is 1. The highest BCUT2D eigenvalue weighted by atomic mass is 32.2. The molecule has 0 atom stereocenters. The summed E-state index contributed by atoms with van der Waals surface area (Å²) in [5, 5.41) is 0. The first-order valence-corrected chi connectivity index (χ1v) is 8.58. The predicted octanol–water partition coefficient (Wildman–Crippen LogP) is 3.82. The highest BCUT2D eigenvalue weighted by Gasteiger charge is 2.19. The molecule has 1 aliphatic heterocycles. The number of benzene rings is 2. The Morgan fingerprint density at radius 3 is 2.67 bits per heavy atom. The fourth-order valence-corrected chi connectivity index (χ4v) is 3.90. The minimum atomic E-state index is 0.608. The molecule has 2 aromatic carbocycles. The molecule has 0 aromatic heterocycles. The van der Waals surface area contributed by atoms with Crippen molar-refractivity contribution in [3.05, 3.63) is 59.2 Å². The zero-order valence-electron chi connectivity index (χ0n) is 12.5. The summed E-state index contributed by atoms with van der Waals surface area (Å²) in [6.45, 7) is 4.86. The first-order valence-electron chi connectivity index (χ1n) is 7.60. The van der Waals surface area contributed by atoms with Crippen LogP contribution < -0.4 is 10.6 Å². The Bertz CT molecular complexity index is 624. The van der Waals surface area contributed by atoms with E-state index in [9.17, 15) is 0 Å². The van der Waals surface area contributed by atoms with E-state index in [0.29, 0.717) is 6.54 Å². The van der Waals surface area contributed by atoms with Gasteiger partial charge in [0.25, 0.3) is 0 Å². The minimum absolute atomic E-state index is 0.608. The first kappa shape index (κ1) is 14.5. The summed E-state index contributed by atoms with van der Waals surface area (Å²) in [7, 11) is 0. The first-order chi connectivity index (χ1) is 10.3. The monoisotopic (exact) mass is 298 g/mol. The van der Waals surface area contributed by atoms with Gasteiger partial charge in [0, 0.05) is 35.8 Å². The van der Waals surface area contributed by atoms with Crippen LogP contribution in [0.3, 0.4) is 0 Å². The Hall–Kier alpha value is -1.45. The Balaban J connectivity index is 1.93. The van der Waals surface area contributed by atoms with Crippen LogP contribution in [0.4, 0.5) is 5.69 Å². The maximum Gasteiger partial charge on any atom is 0.0432 e. The van der Waals surface area contributed by atoms with Gasteiger partial charge in [-0.15, -0.1) is 11.8 Å². The summed E-state index contributed by atoms with van der Waals surface area (Å²) in [5.74, 6) is 1.08. The molecule has 3 heteroatoms. The molecule has 21 heavy (non-hydrogen) atoms. The van der Waals surface area contributed by atoms with E-state index in [1.807, 2.05) is 11.8 Å². The molecule has 0 saturated heterocycles. The van der Waals surface area contributed by atoms with E-state index in [-0.39, 0.29) is 0 Å². The summed E-state index contributed by atoms with van der Waals surface area (Å²) in [6.07, 6.45) is 1.12. The van der Waals surface area contributed by atoms with Gasteiger partial charge in [-0.25, -0.2) is 0 Å². The molecule has 0 spiro atoms.